The SMILES string of the molecule is CCCCNC(=O)[C@@H](C)N(CCc1ccccc1)C(=O)CSCc1cccc(Cl)c1. The van der Waals surface area contributed by atoms with Crippen LogP contribution in [0.15, 0.2) is 54.6 Å². The van der Waals surface area contributed by atoms with Crippen LogP contribution in [0.1, 0.15) is 37.8 Å². The highest BCUT2D eigenvalue weighted by Gasteiger charge is 2.25. The zero-order chi connectivity index (χ0) is 21.8. The Kier molecular flexibility index (Phi) is 10.8. The van der Waals surface area contributed by atoms with Crippen molar-refractivity contribution in [1.82, 2.24) is 10.2 Å². The largest absolute Gasteiger partial charge is 0.354 e. The molecule has 2 rings (SSSR count). The third-order valence-electron chi connectivity index (χ3n) is 4.86. The molecule has 0 bridgehead atoms. The second-order valence-electron chi connectivity index (χ2n) is 7.27. The first-order chi connectivity index (χ1) is 14.5. The number of unbranched alkanes of at least 4 members (excludes halogenated alkanes) is 1. The molecule has 0 aliphatic carbocycles. The van der Waals surface area contributed by atoms with E-state index in [0.717, 1.165) is 30.4 Å². The van der Waals surface area contributed by atoms with Crippen molar-refractivity contribution in [2.45, 2.75) is 44.9 Å². The van der Waals surface area contributed by atoms with Gasteiger partial charge in [-0.15, -0.1) is 11.8 Å². The van der Waals surface area contributed by atoms with Crippen molar-refractivity contribution < 1.29 is 9.59 Å². The lowest BCUT2D eigenvalue weighted by Gasteiger charge is -2.28. The predicted molar refractivity (Wildman–Crippen MR) is 127 cm³/mol. The molecule has 2 aromatic rings. The molecule has 0 spiro atoms. The molecule has 4 nitrogen and oxygen atoms in total. The number of amides is 2. The molecule has 0 radical (unpaired) electrons. The number of hydrogen-bond donors (Lipinski definition) is 1. The van der Waals surface area contributed by atoms with Crippen molar-refractivity contribution in [2.75, 3.05) is 18.8 Å². The number of nitrogens with one attached hydrogen (secondary N) is 1. The summed E-state index contributed by atoms with van der Waals surface area (Å²) in [7, 11) is 0. The van der Waals surface area contributed by atoms with E-state index in [4.69, 9.17) is 11.6 Å². The van der Waals surface area contributed by atoms with Gasteiger partial charge in [-0.2, -0.15) is 0 Å². The van der Waals surface area contributed by atoms with Gasteiger partial charge in [-0.1, -0.05) is 67.4 Å². The summed E-state index contributed by atoms with van der Waals surface area (Å²) in [5, 5.41) is 3.65. The van der Waals surface area contributed by atoms with E-state index in [-0.39, 0.29) is 11.8 Å². The minimum Gasteiger partial charge on any atom is -0.354 e. The van der Waals surface area contributed by atoms with Crippen molar-refractivity contribution >= 4 is 35.2 Å². The molecule has 0 aliphatic rings. The molecule has 0 heterocycles. The topological polar surface area (TPSA) is 49.4 Å². The minimum absolute atomic E-state index is 0.0175. The summed E-state index contributed by atoms with van der Waals surface area (Å²) in [4.78, 5) is 27.3. The number of hydrogen-bond acceptors (Lipinski definition) is 3. The molecule has 0 saturated heterocycles. The maximum atomic E-state index is 13.0. The van der Waals surface area contributed by atoms with Gasteiger partial charge in [0.2, 0.25) is 11.8 Å². The number of rotatable bonds is 12. The Bertz CT molecular complexity index is 801. The van der Waals surface area contributed by atoms with Crippen LogP contribution in [0.25, 0.3) is 0 Å². The maximum absolute atomic E-state index is 13.0. The summed E-state index contributed by atoms with van der Waals surface area (Å²) >= 11 is 7.58. The third-order valence-corrected chi connectivity index (χ3v) is 6.09. The van der Waals surface area contributed by atoms with E-state index in [1.165, 1.54) is 0 Å². The molecule has 2 aromatic carbocycles. The molecule has 0 aromatic heterocycles. The Labute approximate surface area is 189 Å². The van der Waals surface area contributed by atoms with Crippen LogP contribution in [0.5, 0.6) is 0 Å². The molecule has 162 valence electrons. The first kappa shape index (κ1) is 24.3. The van der Waals surface area contributed by atoms with Crippen molar-refractivity contribution in [3.05, 3.63) is 70.7 Å². The van der Waals surface area contributed by atoms with Crippen molar-refractivity contribution in [3.63, 3.8) is 0 Å². The standard InChI is InChI=1S/C24H31ClN2O2S/c1-3-4-14-26-24(29)19(2)27(15-13-20-9-6-5-7-10-20)23(28)18-30-17-21-11-8-12-22(25)16-21/h5-12,16,19H,3-4,13-15,17-18H2,1-2H3,(H,26,29)/t19-/m1/s1. The fourth-order valence-electron chi connectivity index (χ4n) is 3.07. The molecule has 0 fully saturated rings. The molecule has 30 heavy (non-hydrogen) atoms. The Balaban J connectivity index is 1.97. The number of halogens is 1. The molecule has 1 atom stereocenters. The summed E-state index contributed by atoms with van der Waals surface area (Å²) in [6.45, 7) is 5.06. The maximum Gasteiger partial charge on any atom is 0.242 e. The van der Waals surface area contributed by atoms with Gasteiger partial charge in [0.1, 0.15) is 6.04 Å². The molecule has 0 aliphatic heterocycles. The number of carbonyl (C=O) groups excluding carboxylic acids is 2. The molecule has 0 saturated carbocycles. The monoisotopic (exact) mass is 446 g/mol. The normalized spacial score (nSPS) is 11.7. The highest BCUT2D eigenvalue weighted by molar-refractivity contribution is 7.99. The summed E-state index contributed by atoms with van der Waals surface area (Å²) in [6.07, 6.45) is 2.68. The highest BCUT2D eigenvalue weighted by Crippen LogP contribution is 2.18. The second kappa shape index (κ2) is 13.3. The summed E-state index contributed by atoms with van der Waals surface area (Å²) in [5.41, 5.74) is 2.24. The van der Waals surface area contributed by atoms with Gasteiger partial charge >= 0.3 is 0 Å². The van der Waals surface area contributed by atoms with Gasteiger partial charge in [-0.05, 0) is 43.0 Å². The molecule has 2 amide bonds. The lowest BCUT2D eigenvalue weighted by Crippen LogP contribution is -2.49. The van der Waals surface area contributed by atoms with Crippen LogP contribution in [0.3, 0.4) is 0 Å². The van der Waals surface area contributed by atoms with Crippen LogP contribution in [0.4, 0.5) is 0 Å². The Hall–Kier alpha value is -1.98. The molecular weight excluding hydrogens is 416 g/mol. The Morgan fingerprint density at radius 1 is 1.10 bits per heavy atom. The summed E-state index contributed by atoms with van der Waals surface area (Å²) in [5.74, 6) is 0.921. The highest BCUT2D eigenvalue weighted by atomic mass is 35.5. The number of carbonyl (C=O) groups is 2. The van der Waals surface area contributed by atoms with E-state index < -0.39 is 6.04 Å². The van der Waals surface area contributed by atoms with Crippen molar-refractivity contribution in [1.29, 1.82) is 0 Å². The Morgan fingerprint density at radius 2 is 1.83 bits per heavy atom. The third kappa shape index (κ3) is 8.41. The average molecular weight is 447 g/mol. The van der Waals surface area contributed by atoms with Crippen LogP contribution in [-0.2, 0) is 21.8 Å². The predicted octanol–water partition coefficient (Wildman–Crippen LogP) is 4.95. The van der Waals surface area contributed by atoms with Gasteiger partial charge in [-0.25, -0.2) is 0 Å². The summed E-state index contributed by atoms with van der Waals surface area (Å²) in [6, 6.07) is 17.2. The molecular formula is C24H31ClN2O2S. The fourth-order valence-corrected chi connectivity index (χ4v) is 4.14. The van der Waals surface area contributed by atoms with Crippen LogP contribution in [0.2, 0.25) is 5.02 Å². The van der Waals surface area contributed by atoms with E-state index in [1.54, 1.807) is 16.7 Å². The van der Waals surface area contributed by atoms with Crippen LogP contribution < -0.4 is 5.32 Å². The van der Waals surface area contributed by atoms with Crippen molar-refractivity contribution in [3.8, 4) is 0 Å². The van der Waals surface area contributed by atoms with E-state index >= 15 is 0 Å². The van der Waals surface area contributed by atoms with Crippen molar-refractivity contribution in [2.24, 2.45) is 0 Å². The van der Waals surface area contributed by atoms with Crippen LogP contribution in [-0.4, -0.2) is 41.6 Å². The van der Waals surface area contributed by atoms with Gasteiger partial charge in [-0.3, -0.25) is 9.59 Å². The Morgan fingerprint density at radius 3 is 2.53 bits per heavy atom. The molecule has 6 heteroatoms. The molecule has 0 unspecified atom stereocenters. The van der Waals surface area contributed by atoms with E-state index in [0.29, 0.717) is 29.6 Å². The van der Waals surface area contributed by atoms with Gasteiger partial charge < -0.3 is 10.2 Å². The van der Waals surface area contributed by atoms with Crippen LogP contribution in [0, 0.1) is 0 Å². The van der Waals surface area contributed by atoms with E-state index in [9.17, 15) is 9.59 Å². The first-order valence-electron chi connectivity index (χ1n) is 10.4. The quantitative estimate of drug-likeness (QED) is 0.469. The number of benzene rings is 2. The van der Waals surface area contributed by atoms with E-state index in [2.05, 4.69) is 12.2 Å². The number of thioether (sulfide) groups is 1. The molecule has 1 N–H and O–H groups in total. The van der Waals surface area contributed by atoms with Gasteiger partial charge in [0, 0.05) is 23.9 Å². The smallest absolute Gasteiger partial charge is 0.242 e. The van der Waals surface area contributed by atoms with Gasteiger partial charge in [0.05, 0.1) is 5.75 Å². The van der Waals surface area contributed by atoms with Crippen LogP contribution >= 0.6 is 23.4 Å². The number of nitrogens with zero attached hydrogens (tertiary/aromatic N) is 1. The van der Waals surface area contributed by atoms with Gasteiger partial charge in [0.25, 0.3) is 0 Å². The first-order valence-corrected chi connectivity index (χ1v) is 12.0. The fraction of sp³-hybridized carbons (Fsp3) is 0.417. The van der Waals surface area contributed by atoms with Gasteiger partial charge in [0.15, 0.2) is 0 Å². The minimum atomic E-state index is -0.496. The lowest BCUT2D eigenvalue weighted by molar-refractivity contribution is -0.137. The average Bonchev–Trinajstić information content (AvgIpc) is 2.74. The summed E-state index contributed by atoms with van der Waals surface area (Å²) < 4.78 is 0. The van der Waals surface area contributed by atoms with E-state index in [1.807, 2.05) is 61.5 Å². The zero-order valence-electron chi connectivity index (χ0n) is 17.8. The second-order valence-corrected chi connectivity index (χ2v) is 8.69. The zero-order valence-corrected chi connectivity index (χ0v) is 19.3. The lowest BCUT2D eigenvalue weighted by atomic mass is 10.1.